The molecule has 1 fully saturated rings. The van der Waals surface area contributed by atoms with Crippen LogP contribution in [0.3, 0.4) is 0 Å². The lowest BCUT2D eigenvalue weighted by molar-refractivity contribution is -0.130. The van der Waals surface area contributed by atoms with Gasteiger partial charge in [0.2, 0.25) is 5.91 Å². The minimum absolute atomic E-state index is 0.0838. The summed E-state index contributed by atoms with van der Waals surface area (Å²) in [4.78, 5) is 44.3. The van der Waals surface area contributed by atoms with Crippen molar-refractivity contribution in [1.82, 2.24) is 20.5 Å². The normalized spacial score (nSPS) is 19.0. The lowest BCUT2D eigenvalue weighted by Gasteiger charge is -2.27. The van der Waals surface area contributed by atoms with Gasteiger partial charge in [-0.05, 0) is 53.5 Å². The van der Waals surface area contributed by atoms with E-state index in [1.807, 2.05) is 6.92 Å². The number of aliphatic imine (C=N–C) groups is 2. The van der Waals surface area contributed by atoms with Crippen LogP contribution >= 0.6 is 0 Å². The number of nitrogens with zero attached hydrogens (tertiary/aromatic N) is 5. The number of halogens is 3. The Morgan fingerprint density at radius 1 is 1.19 bits per heavy atom. The number of nitrogens with one attached hydrogen (secondary N) is 2. The van der Waals surface area contributed by atoms with Gasteiger partial charge in [-0.2, -0.15) is 13.2 Å². The van der Waals surface area contributed by atoms with E-state index in [2.05, 4.69) is 30.6 Å². The van der Waals surface area contributed by atoms with Crippen LogP contribution in [0.5, 0.6) is 0 Å². The van der Waals surface area contributed by atoms with Gasteiger partial charge in [-0.15, -0.1) is 0 Å². The molecule has 0 bridgehead atoms. The number of aromatic nitrogens is 1. The van der Waals surface area contributed by atoms with Crippen molar-refractivity contribution in [1.29, 1.82) is 0 Å². The van der Waals surface area contributed by atoms with Crippen LogP contribution in [-0.4, -0.2) is 79.1 Å². The van der Waals surface area contributed by atoms with E-state index in [9.17, 15) is 22.8 Å². The Balaban J connectivity index is 1.41. The molecule has 4 N–H and O–H groups in total. The van der Waals surface area contributed by atoms with Crippen LogP contribution in [-0.2, 0) is 17.6 Å². The molecule has 3 aliphatic heterocycles. The molecule has 3 aliphatic rings. The average Bonchev–Trinajstić information content (AvgIpc) is 3.20. The summed E-state index contributed by atoms with van der Waals surface area (Å²) in [6.07, 6.45) is 0.288. The second kappa shape index (κ2) is 12.7. The van der Waals surface area contributed by atoms with Crippen molar-refractivity contribution in [3.8, 4) is 0 Å². The Morgan fingerprint density at radius 3 is 2.72 bits per heavy atom. The van der Waals surface area contributed by atoms with E-state index < -0.39 is 11.9 Å². The van der Waals surface area contributed by atoms with E-state index in [-0.39, 0.29) is 48.1 Å². The zero-order valence-corrected chi connectivity index (χ0v) is 23.5. The largest absolute Gasteiger partial charge is 0.433 e. The number of hydrogen-bond donors (Lipinski definition) is 3. The molecule has 10 nitrogen and oxygen atoms in total. The fourth-order valence-electron chi connectivity index (χ4n) is 5.08. The van der Waals surface area contributed by atoms with E-state index in [1.165, 1.54) is 12.3 Å². The van der Waals surface area contributed by atoms with Crippen LogP contribution in [0.25, 0.3) is 0 Å². The lowest BCUT2D eigenvalue weighted by Crippen LogP contribution is -2.49. The highest BCUT2D eigenvalue weighted by atomic mass is 19.4. The number of dihydropyridines is 1. The zero-order chi connectivity index (χ0) is 30.6. The number of aryl methyl sites for hydroxylation is 1. The van der Waals surface area contributed by atoms with Gasteiger partial charge in [-0.25, -0.2) is 9.98 Å². The molecule has 224 valence electrons. The molecule has 4 heterocycles. The molecule has 1 saturated heterocycles. The summed E-state index contributed by atoms with van der Waals surface area (Å²) in [5.41, 5.74) is 8.37. The van der Waals surface area contributed by atoms with Crippen LogP contribution in [0.1, 0.15) is 28.4 Å². The molecule has 0 aliphatic carbocycles. The van der Waals surface area contributed by atoms with Gasteiger partial charge in [-0.1, -0.05) is 13.0 Å². The first-order valence-corrected chi connectivity index (χ1v) is 13.9. The highest BCUT2D eigenvalue weighted by Gasteiger charge is 2.39. The average molecular weight is 593 g/mol. The maximum Gasteiger partial charge on any atom is 0.433 e. The minimum Gasteiger partial charge on any atom is -0.400 e. The van der Waals surface area contributed by atoms with Crippen molar-refractivity contribution in [3.05, 3.63) is 81.6 Å². The van der Waals surface area contributed by atoms with Crippen LogP contribution in [0.4, 0.5) is 24.5 Å². The Bertz CT molecular complexity index is 1640. The van der Waals surface area contributed by atoms with Crippen LogP contribution in [0.15, 0.2) is 74.4 Å². The van der Waals surface area contributed by atoms with E-state index >= 15 is 0 Å². The Kier molecular flexibility index (Phi) is 8.81. The van der Waals surface area contributed by atoms with Crippen molar-refractivity contribution in [2.24, 2.45) is 20.7 Å². The number of rotatable bonds is 5. The number of nitrogens with two attached hydrogens (primary N) is 1. The molecule has 0 spiro atoms. The summed E-state index contributed by atoms with van der Waals surface area (Å²) in [5, 5.41) is 5.91. The zero-order valence-electron chi connectivity index (χ0n) is 23.5. The van der Waals surface area contributed by atoms with Crippen LogP contribution in [0.2, 0.25) is 0 Å². The Labute approximate surface area is 246 Å². The number of amides is 2. The molecule has 1 aromatic heterocycles. The van der Waals surface area contributed by atoms with E-state index in [0.717, 1.165) is 18.7 Å². The number of hydrogen-bond acceptors (Lipinski definition) is 8. The molecule has 0 radical (unpaired) electrons. The first kappa shape index (κ1) is 29.8. The summed E-state index contributed by atoms with van der Waals surface area (Å²) in [5.74, 6) is -0.477. The predicted molar refractivity (Wildman–Crippen MR) is 157 cm³/mol. The SMILES string of the molecule is CCc1cc(N=c2ncccc3c2N=CC(=C2C=C(N)CN=C2C(F)(F)F)C3)ccc1C(=O)NCC(=O)N1CCNCC1. The maximum atomic E-state index is 13.7. The third-order valence-electron chi connectivity index (χ3n) is 7.26. The summed E-state index contributed by atoms with van der Waals surface area (Å²) in [6.45, 7) is 4.29. The standard InChI is InChI=1S/C30H31F3N8O2/c1-2-18-13-22(5-6-23(18)29(43)39-17-25(42)41-10-8-35-9-11-41)40-28-26-19(4-3-7-36-28)12-20(15-37-26)24-14-21(34)16-38-27(24)30(31,32)33/h3-7,13-15,35H,2,8-12,16-17,34H2,1H3,(H,39,43). The number of fused-ring (bicyclic) bond motifs is 1. The summed E-state index contributed by atoms with van der Waals surface area (Å²) >= 11 is 0. The molecule has 43 heavy (non-hydrogen) atoms. The van der Waals surface area contributed by atoms with E-state index in [4.69, 9.17) is 5.73 Å². The van der Waals surface area contributed by atoms with Gasteiger partial charge >= 0.3 is 6.18 Å². The number of carbonyl (C=O) groups excluding carboxylic acids is 2. The molecule has 0 unspecified atom stereocenters. The number of piperazine rings is 1. The number of allylic oxidation sites excluding steroid dienone is 3. The highest BCUT2D eigenvalue weighted by molar-refractivity contribution is 6.11. The summed E-state index contributed by atoms with van der Waals surface area (Å²) in [6, 6.07) is 8.52. The summed E-state index contributed by atoms with van der Waals surface area (Å²) in [7, 11) is 0. The molecule has 1 aromatic carbocycles. The van der Waals surface area contributed by atoms with Crippen molar-refractivity contribution in [3.63, 3.8) is 0 Å². The lowest BCUT2D eigenvalue weighted by atomic mass is 9.93. The quantitative estimate of drug-likeness (QED) is 0.490. The highest BCUT2D eigenvalue weighted by Crippen LogP contribution is 2.31. The molecule has 2 aromatic rings. The third kappa shape index (κ3) is 6.88. The fourth-order valence-corrected chi connectivity index (χ4v) is 5.08. The van der Waals surface area contributed by atoms with Gasteiger partial charge in [0.15, 0.2) is 5.49 Å². The van der Waals surface area contributed by atoms with Crippen molar-refractivity contribution < 1.29 is 22.8 Å². The number of carbonyl (C=O) groups is 2. The first-order valence-electron chi connectivity index (χ1n) is 13.9. The number of benzene rings is 1. The van der Waals surface area contributed by atoms with Gasteiger partial charge in [0.1, 0.15) is 11.4 Å². The molecule has 5 rings (SSSR count). The Hall–Kier alpha value is -4.65. The minimum atomic E-state index is -4.63. The maximum absolute atomic E-state index is 13.7. The van der Waals surface area contributed by atoms with Gasteiger partial charge < -0.3 is 21.3 Å². The van der Waals surface area contributed by atoms with Gasteiger partial charge in [-0.3, -0.25) is 19.6 Å². The third-order valence-corrected chi connectivity index (χ3v) is 7.26. The van der Waals surface area contributed by atoms with Crippen LogP contribution in [0, 0.1) is 0 Å². The second-order valence-corrected chi connectivity index (χ2v) is 10.2. The summed E-state index contributed by atoms with van der Waals surface area (Å²) < 4.78 is 41.0. The van der Waals surface area contributed by atoms with E-state index in [0.29, 0.717) is 47.6 Å². The molecular weight excluding hydrogens is 561 g/mol. The van der Waals surface area contributed by atoms with E-state index in [1.54, 1.807) is 41.4 Å². The van der Waals surface area contributed by atoms with Crippen molar-refractivity contribution in [2.75, 3.05) is 39.3 Å². The van der Waals surface area contributed by atoms with Crippen molar-refractivity contribution >= 4 is 35.1 Å². The van der Waals surface area contributed by atoms with Gasteiger partial charge in [0.05, 0.1) is 18.8 Å². The molecule has 13 heteroatoms. The Morgan fingerprint density at radius 2 is 1.98 bits per heavy atom. The fraction of sp³-hybridized carbons (Fsp3) is 0.333. The molecular formula is C30H31F3N8O2. The molecule has 2 amide bonds. The first-order chi connectivity index (χ1) is 20.6. The smallest absolute Gasteiger partial charge is 0.400 e. The monoisotopic (exact) mass is 592 g/mol. The topological polar surface area (TPSA) is 137 Å². The van der Waals surface area contributed by atoms with Gasteiger partial charge in [0.25, 0.3) is 5.91 Å². The number of alkyl halides is 3. The van der Waals surface area contributed by atoms with Crippen LogP contribution < -0.4 is 21.9 Å². The van der Waals surface area contributed by atoms with Crippen molar-refractivity contribution in [2.45, 2.75) is 25.9 Å². The molecule has 0 saturated carbocycles. The predicted octanol–water partition coefficient (Wildman–Crippen LogP) is 2.45. The van der Waals surface area contributed by atoms with Gasteiger partial charge in [0, 0.05) is 61.8 Å². The molecule has 0 atom stereocenters. The second-order valence-electron chi connectivity index (χ2n) is 10.2.